The third-order valence-electron chi connectivity index (χ3n) is 6.58. The Hall–Kier alpha value is -3.36. The molecule has 0 spiro atoms. The van der Waals surface area contributed by atoms with E-state index in [0.29, 0.717) is 0 Å². The minimum Gasteiger partial charge on any atom is -0.456 e. The Morgan fingerprint density at radius 1 is 0.811 bits per heavy atom. The molecule has 3 aromatic rings. The minimum atomic E-state index is -1.09. The van der Waals surface area contributed by atoms with Crippen LogP contribution in [0.4, 0.5) is 0 Å². The summed E-state index contributed by atoms with van der Waals surface area (Å²) in [5, 5.41) is 0. The molecule has 2 heterocycles. The van der Waals surface area contributed by atoms with Gasteiger partial charge in [-0.15, -0.1) is 0 Å². The third kappa shape index (κ3) is 4.95. The van der Waals surface area contributed by atoms with Crippen molar-refractivity contribution in [3.8, 4) is 0 Å². The van der Waals surface area contributed by atoms with Gasteiger partial charge in [-0.2, -0.15) is 0 Å². The molecule has 0 saturated carbocycles. The normalized spacial score (nSPS) is 24.4. The maximum absolute atomic E-state index is 13.6. The predicted octanol–water partition coefficient (Wildman–Crippen LogP) is 4.37. The second kappa shape index (κ2) is 10.2. The fourth-order valence-electron chi connectivity index (χ4n) is 5.09. The van der Waals surface area contributed by atoms with Gasteiger partial charge in [0.25, 0.3) is 0 Å². The Morgan fingerprint density at radius 2 is 1.30 bits per heavy atom. The Morgan fingerprint density at radius 3 is 1.76 bits per heavy atom. The van der Waals surface area contributed by atoms with Crippen molar-refractivity contribution in [3.63, 3.8) is 0 Å². The molecule has 3 aromatic carbocycles. The second-order valence-electron chi connectivity index (χ2n) is 9.63. The van der Waals surface area contributed by atoms with Crippen molar-refractivity contribution in [1.29, 1.82) is 0 Å². The maximum Gasteiger partial charge on any atom is 0.303 e. The first-order chi connectivity index (χ1) is 17.8. The van der Waals surface area contributed by atoms with Crippen LogP contribution in [0.15, 0.2) is 91.0 Å². The van der Waals surface area contributed by atoms with Crippen molar-refractivity contribution in [2.24, 2.45) is 0 Å². The van der Waals surface area contributed by atoms with Crippen LogP contribution in [0, 0.1) is 0 Å². The van der Waals surface area contributed by atoms with Gasteiger partial charge in [-0.3, -0.25) is 9.59 Å². The number of fused-ring (bicyclic) bond motifs is 1. The van der Waals surface area contributed by atoms with E-state index in [0.717, 1.165) is 16.7 Å². The number of benzene rings is 3. The number of rotatable bonds is 8. The number of ether oxygens (including phenoxy) is 5. The molecule has 0 aromatic heterocycles. The first kappa shape index (κ1) is 25.3. The summed E-state index contributed by atoms with van der Waals surface area (Å²) in [7, 11) is 0. The molecule has 192 valence electrons. The Kier molecular flexibility index (Phi) is 6.96. The number of hydrogen-bond acceptors (Lipinski definition) is 7. The molecule has 0 radical (unpaired) electrons. The zero-order valence-corrected chi connectivity index (χ0v) is 21.0. The van der Waals surface area contributed by atoms with Gasteiger partial charge in [0.1, 0.15) is 12.2 Å². The molecule has 5 rings (SSSR count). The lowest BCUT2D eigenvalue weighted by atomic mass is 9.80. The third-order valence-corrected chi connectivity index (χ3v) is 6.58. The monoisotopic (exact) mass is 502 g/mol. The molecule has 0 N–H and O–H groups in total. The Labute approximate surface area is 216 Å². The molecule has 4 atom stereocenters. The quantitative estimate of drug-likeness (QED) is 0.334. The summed E-state index contributed by atoms with van der Waals surface area (Å²) in [6.45, 7) is 4.47. The molecular formula is C30H30O7. The SMILES string of the molecule is CC(=O)OC1C2OC(C)(C)O[C@H]2O[C@H]1C(=O)COC(c1ccccc1)(c1ccccc1)c1ccccc1. The van der Waals surface area contributed by atoms with Gasteiger partial charge in [0.15, 0.2) is 36.2 Å². The molecule has 2 saturated heterocycles. The molecular weight excluding hydrogens is 472 g/mol. The molecule has 2 aliphatic heterocycles. The van der Waals surface area contributed by atoms with Crippen LogP contribution in [0.25, 0.3) is 0 Å². The first-order valence-electron chi connectivity index (χ1n) is 12.3. The molecule has 0 bridgehead atoms. The van der Waals surface area contributed by atoms with Crippen molar-refractivity contribution in [2.45, 2.75) is 56.8 Å². The van der Waals surface area contributed by atoms with Crippen LogP contribution in [0.3, 0.4) is 0 Å². The fourth-order valence-corrected chi connectivity index (χ4v) is 5.09. The molecule has 37 heavy (non-hydrogen) atoms. The first-order valence-corrected chi connectivity index (χ1v) is 12.3. The molecule has 2 fully saturated rings. The van der Waals surface area contributed by atoms with Gasteiger partial charge in [0.2, 0.25) is 0 Å². The Bertz CT molecular complexity index is 1130. The summed E-state index contributed by atoms with van der Waals surface area (Å²) in [4.78, 5) is 25.5. The molecule has 2 aliphatic rings. The Balaban J connectivity index is 1.49. The van der Waals surface area contributed by atoms with Crippen molar-refractivity contribution in [1.82, 2.24) is 0 Å². The van der Waals surface area contributed by atoms with Gasteiger partial charge >= 0.3 is 5.97 Å². The molecule has 7 nitrogen and oxygen atoms in total. The van der Waals surface area contributed by atoms with Crippen molar-refractivity contribution in [3.05, 3.63) is 108 Å². The summed E-state index contributed by atoms with van der Waals surface area (Å²) in [6, 6.07) is 29.3. The van der Waals surface area contributed by atoms with E-state index in [1.807, 2.05) is 91.0 Å². The lowest BCUT2D eigenvalue weighted by Gasteiger charge is -2.36. The fraction of sp³-hybridized carbons (Fsp3) is 0.333. The average Bonchev–Trinajstić information content (AvgIpc) is 3.38. The zero-order chi connectivity index (χ0) is 26.0. The highest BCUT2D eigenvalue weighted by Crippen LogP contribution is 2.42. The molecule has 0 amide bonds. The largest absolute Gasteiger partial charge is 0.456 e. The van der Waals surface area contributed by atoms with Crippen LogP contribution in [-0.2, 0) is 38.9 Å². The highest BCUT2D eigenvalue weighted by atomic mass is 16.8. The highest BCUT2D eigenvalue weighted by Gasteiger charge is 2.58. The molecule has 7 heteroatoms. The minimum absolute atomic E-state index is 0.302. The summed E-state index contributed by atoms with van der Waals surface area (Å²) < 4.78 is 29.7. The summed E-state index contributed by atoms with van der Waals surface area (Å²) in [6.07, 6.45) is -3.57. The number of esters is 1. The van der Waals surface area contributed by atoms with E-state index >= 15 is 0 Å². The van der Waals surface area contributed by atoms with E-state index in [4.69, 9.17) is 23.7 Å². The number of Topliss-reactive ketones (excluding diaryl/α,β-unsaturated/α-hetero) is 1. The van der Waals surface area contributed by atoms with Gasteiger partial charge in [-0.25, -0.2) is 0 Å². The van der Waals surface area contributed by atoms with Crippen molar-refractivity contribution >= 4 is 11.8 Å². The van der Waals surface area contributed by atoms with Gasteiger partial charge in [0.05, 0.1) is 0 Å². The van der Waals surface area contributed by atoms with Gasteiger partial charge in [-0.1, -0.05) is 91.0 Å². The molecule has 2 unspecified atom stereocenters. The van der Waals surface area contributed by atoms with Crippen LogP contribution >= 0.6 is 0 Å². The van der Waals surface area contributed by atoms with Crippen LogP contribution < -0.4 is 0 Å². The van der Waals surface area contributed by atoms with Crippen molar-refractivity contribution < 1.29 is 33.3 Å². The summed E-state index contributed by atoms with van der Waals surface area (Å²) in [5.41, 5.74) is 1.54. The van der Waals surface area contributed by atoms with Gasteiger partial charge in [-0.05, 0) is 30.5 Å². The van der Waals surface area contributed by atoms with E-state index in [2.05, 4.69) is 0 Å². The van der Waals surface area contributed by atoms with E-state index < -0.39 is 42.0 Å². The number of ketones is 1. The highest BCUT2D eigenvalue weighted by molar-refractivity contribution is 5.86. The number of carbonyl (C=O) groups is 2. The maximum atomic E-state index is 13.6. The van der Waals surface area contributed by atoms with E-state index in [1.165, 1.54) is 6.92 Å². The van der Waals surface area contributed by atoms with Crippen LogP contribution in [0.5, 0.6) is 0 Å². The number of hydrogen-bond donors (Lipinski definition) is 0. The van der Waals surface area contributed by atoms with E-state index in [-0.39, 0.29) is 12.4 Å². The second-order valence-corrected chi connectivity index (χ2v) is 9.63. The summed E-state index contributed by atoms with van der Waals surface area (Å²) in [5.74, 6) is -1.83. The smallest absolute Gasteiger partial charge is 0.303 e. The van der Waals surface area contributed by atoms with Crippen LogP contribution in [0.1, 0.15) is 37.5 Å². The van der Waals surface area contributed by atoms with E-state index in [9.17, 15) is 9.59 Å². The number of carbonyl (C=O) groups excluding carboxylic acids is 2. The lowest BCUT2D eigenvalue weighted by molar-refractivity contribution is -0.218. The van der Waals surface area contributed by atoms with Gasteiger partial charge in [0, 0.05) is 6.92 Å². The predicted molar refractivity (Wildman–Crippen MR) is 134 cm³/mol. The van der Waals surface area contributed by atoms with E-state index in [1.54, 1.807) is 13.8 Å². The zero-order valence-electron chi connectivity index (χ0n) is 21.0. The molecule has 0 aliphatic carbocycles. The topological polar surface area (TPSA) is 80.3 Å². The summed E-state index contributed by atoms with van der Waals surface area (Å²) >= 11 is 0. The standard InChI is InChI=1S/C30H30O7/c1-20(31)34-26-25(35-28-27(26)36-29(2,3)37-28)24(32)19-33-30(21-13-7-4-8-14-21,22-15-9-5-10-16-22)23-17-11-6-12-18-23/h4-18,25-28H,19H2,1-3H3/t25-,26?,27?,28+/m0/s1. The van der Waals surface area contributed by atoms with Crippen LogP contribution in [0.2, 0.25) is 0 Å². The average molecular weight is 503 g/mol. The van der Waals surface area contributed by atoms with Crippen molar-refractivity contribution in [2.75, 3.05) is 6.61 Å². The van der Waals surface area contributed by atoms with Gasteiger partial charge < -0.3 is 23.7 Å². The lowest BCUT2D eigenvalue weighted by Crippen LogP contribution is -2.44. The van der Waals surface area contributed by atoms with Crippen LogP contribution in [-0.4, -0.2) is 48.7 Å².